The summed E-state index contributed by atoms with van der Waals surface area (Å²) in [6.07, 6.45) is 4.06. The number of hydrogen-bond donors (Lipinski definition) is 1. The summed E-state index contributed by atoms with van der Waals surface area (Å²) in [7, 11) is 0. The maximum atomic E-state index is 12.6. The molecule has 2 atom stereocenters. The second kappa shape index (κ2) is 8.19. The Morgan fingerprint density at radius 3 is 3.00 bits per heavy atom. The average Bonchev–Trinajstić information content (AvgIpc) is 3.09. The molecule has 0 unspecified atom stereocenters. The smallest absolute Gasteiger partial charge is 0.410 e. The molecule has 1 N–H and O–H groups in total. The number of likely N-dealkylation sites (tertiary alicyclic amines) is 1. The Labute approximate surface area is 169 Å². The molecule has 6 nitrogen and oxygen atoms in total. The van der Waals surface area contributed by atoms with Crippen molar-refractivity contribution in [2.24, 2.45) is 9.98 Å². The van der Waals surface area contributed by atoms with E-state index in [0.717, 1.165) is 36.1 Å². The van der Waals surface area contributed by atoms with Gasteiger partial charge in [-0.1, -0.05) is 41.9 Å². The van der Waals surface area contributed by atoms with Crippen LogP contribution in [0.3, 0.4) is 0 Å². The molecule has 0 aliphatic carbocycles. The summed E-state index contributed by atoms with van der Waals surface area (Å²) >= 11 is 6.09. The predicted molar refractivity (Wildman–Crippen MR) is 110 cm³/mol. The number of amides is 1. The van der Waals surface area contributed by atoms with Crippen LogP contribution in [0, 0.1) is 0 Å². The molecule has 7 heteroatoms. The number of carbonyl (C=O) groups is 1. The Hall–Kier alpha value is -2.60. The van der Waals surface area contributed by atoms with Crippen molar-refractivity contribution in [1.29, 1.82) is 0 Å². The molecule has 1 aromatic carbocycles. The van der Waals surface area contributed by atoms with Gasteiger partial charge in [-0.2, -0.15) is 0 Å². The highest BCUT2D eigenvalue weighted by Crippen LogP contribution is 2.24. The van der Waals surface area contributed by atoms with Crippen LogP contribution in [0.2, 0.25) is 5.15 Å². The summed E-state index contributed by atoms with van der Waals surface area (Å²) in [4.78, 5) is 26.8. The molecule has 28 heavy (non-hydrogen) atoms. The zero-order valence-electron chi connectivity index (χ0n) is 15.8. The van der Waals surface area contributed by atoms with Crippen LogP contribution in [0.4, 0.5) is 4.79 Å². The quantitative estimate of drug-likeness (QED) is 0.840. The average molecular weight is 399 g/mol. The Morgan fingerprint density at radius 2 is 2.18 bits per heavy atom. The number of benzene rings is 1. The van der Waals surface area contributed by atoms with E-state index in [0.29, 0.717) is 17.5 Å². The van der Waals surface area contributed by atoms with Crippen molar-refractivity contribution in [3.63, 3.8) is 0 Å². The molecule has 3 heterocycles. The minimum atomic E-state index is -0.293. The number of aliphatic imine (C=N–C) groups is 2. The number of H-pyrrole nitrogens is 1. The maximum absolute atomic E-state index is 12.6. The molecule has 1 amide bonds. The van der Waals surface area contributed by atoms with E-state index >= 15 is 0 Å². The first-order valence-corrected chi connectivity index (χ1v) is 9.93. The fourth-order valence-electron chi connectivity index (χ4n) is 3.64. The van der Waals surface area contributed by atoms with Crippen LogP contribution in [0.25, 0.3) is 0 Å². The van der Waals surface area contributed by atoms with E-state index in [2.05, 4.69) is 16.9 Å². The number of piperidine rings is 1. The fraction of sp³-hybridized carbons (Fsp3) is 0.381. The van der Waals surface area contributed by atoms with Crippen LogP contribution >= 0.6 is 11.6 Å². The van der Waals surface area contributed by atoms with E-state index in [9.17, 15) is 4.79 Å². The van der Waals surface area contributed by atoms with Gasteiger partial charge in [-0.3, -0.25) is 4.99 Å². The third-order valence-corrected chi connectivity index (χ3v) is 5.42. The second-order valence-corrected chi connectivity index (χ2v) is 7.66. The fourth-order valence-corrected chi connectivity index (χ4v) is 3.86. The van der Waals surface area contributed by atoms with E-state index in [1.54, 1.807) is 4.90 Å². The van der Waals surface area contributed by atoms with Crippen molar-refractivity contribution in [3.8, 4) is 0 Å². The highest BCUT2D eigenvalue weighted by atomic mass is 35.5. The van der Waals surface area contributed by atoms with Gasteiger partial charge in [0.1, 0.15) is 11.8 Å². The van der Waals surface area contributed by atoms with Crippen LogP contribution < -0.4 is 0 Å². The van der Waals surface area contributed by atoms with Crippen LogP contribution in [-0.2, 0) is 17.8 Å². The summed E-state index contributed by atoms with van der Waals surface area (Å²) in [5.74, 6) is 0.682. The van der Waals surface area contributed by atoms with Crippen LogP contribution in [0.15, 0.2) is 46.4 Å². The first-order chi connectivity index (χ1) is 13.6. The van der Waals surface area contributed by atoms with E-state index < -0.39 is 0 Å². The van der Waals surface area contributed by atoms with Crippen molar-refractivity contribution < 1.29 is 9.53 Å². The molecule has 0 radical (unpaired) electrons. The number of aromatic nitrogens is 1. The van der Waals surface area contributed by atoms with Crippen molar-refractivity contribution in [2.75, 3.05) is 6.54 Å². The Balaban J connectivity index is 1.44. The highest BCUT2D eigenvalue weighted by Gasteiger charge is 2.30. The molecular formula is C21H23ClN4O2. The lowest BCUT2D eigenvalue weighted by Crippen LogP contribution is -2.47. The molecule has 1 fully saturated rings. The van der Waals surface area contributed by atoms with Gasteiger partial charge in [0.25, 0.3) is 0 Å². The molecule has 2 aliphatic heterocycles. The summed E-state index contributed by atoms with van der Waals surface area (Å²) in [5.41, 5.74) is 2.96. The predicted octanol–water partition coefficient (Wildman–Crippen LogP) is 4.23. The normalized spacial score (nSPS) is 22.9. The van der Waals surface area contributed by atoms with E-state index in [4.69, 9.17) is 21.3 Å². The van der Waals surface area contributed by atoms with Crippen molar-refractivity contribution >= 4 is 29.7 Å². The molecule has 146 valence electrons. The molecule has 0 spiro atoms. The van der Waals surface area contributed by atoms with Crippen LogP contribution in [0.5, 0.6) is 0 Å². The van der Waals surface area contributed by atoms with E-state index in [1.165, 1.54) is 0 Å². The summed E-state index contributed by atoms with van der Waals surface area (Å²) in [6, 6.07) is 11.7. The first-order valence-electron chi connectivity index (χ1n) is 9.55. The largest absolute Gasteiger partial charge is 0.445 e. The van der Waals surface area contributed by atoms with Crippen LogP contribution in [-0.4, -0.2) is 46.7 Å². The van der Waals surface area contributed by atoms with E-state index in [-0.39, 0.29) is 24.8 Å². The summed E-state index contributed by atoms with van der Waals surface area (Å²) in [5, 5.41) is 0.589. The standard InChI is InChI=1S/C21H23ClN4O2/c1-14-7-8-16(24-20-17-11-19(22)25-18(17)9-10-23-20)12-26(14)21(27)28-13-15-5-3-2-4-6-15/h2-6,10-11,14,16,25H,7-9,12-13H2,1H3/t14-,16+/m0/s1. The number of ether oxygens (including phenoxy) is 1. The molecular weight excluding hydrogens is 376 g/mol. The molecule has 2 aromatic rings. The van der Waals surface area contributed by atoms with Gasteiger partial charge in [0, 0.05) is 36.5 Å². The number of hydrogen-bond acceptors (Lipinski definition) is 3. The third-order valence-electron chi connectivity index (χ3n) is 5.22. The van der Waals surface area contributed by atoms with Crippen molar-refractivity contribution in [3.05, 3.63) is 58.4 Å². The lowest BCUT2D eigenvalue weighted by atomic mass is 10.00. The lowest BCUT2D eigenvalue weighted by molar-refractivity contribution is 0.0682. The van der Waals surface area contributed by atoms with Gasteiger partial charge in [0.15, 0.2) is 5.84 Å². The number of rotatable bonds is 3. The first kappa shape index (κ1) is 18.7. The molecule has 0 bridgehead atoms. The summed E-state index contributed by atoms with van der Waals surface area (Å²) in [6.45, 7) is 2.86. The zero-order chi connectivity index (χ0) is 19.5. The minimum absolute atomic E-state index is 0.00718. The lowest BCUT2D eigenvalue weighted by Gasteiger charge is -2.35. The van der Waals surface area contributed by atoms with Crippen molar-refractivity contribution in [2.45, 2.75) is 44.9 Å². The number of nitrogens with one attached hydrogen (secondary N) is 1. The number of nitrogens with zero attached hydrogens (tertiary/aromatic N) is 3. The van der Waals surface area contributed by atoms with Gasteiger partial charge in [-0.15, -0.1) is 0 Å². The Kier molecular flexibility index (Phi) is 5.48. The summed E-state index contributed by atoms with van der Waals surface area (Å²) < 4.78 is 5.52. The Morgan fingerprint density at radius 1 is 1.36 bits per heavy atom. The van der Waals surface area contributed by atoms with Crippen LogP contribution in [0.1, 0.15) is 36.6 Å². The maximum Gasteiger partial charge on any atom is 0.410 e. The SMILES string of the molecule is C[C@H]1CC[C@@H](N=C2N=CCc3[nH]c(Cl)cc32)CN1C(=O)OCc1ccccc1. The van der Waals surface area contributed by atoms with Crippen molar-refractivity contribution in [1.82, 2.24) is 9.88 Å². The molecule has 4 rings (SSSR count). The van der Waals surface area contributed by atoms with Gasteiger partial charge in [-0.05, 0) is 31.4 Å². The van der Waals surface area contributed by atoms with Gasteiger partial charge in [0.2, 0.25) is 0 Å². The third kappa shape index (κ3) is 4.12. The second-order valence-electron chi connectivity index (χ2n) is 7.25. The molecule has 1 saturated heterocycles. The molecule has 0 saturated carbocycles. The molecule has 2 aliphatic rings. The van der Waals surface area contributed by atoms with Gasteiger partial charge in [0.05, 0.1) is 6.04 Å². The number of amidine groups is 1. The van der Waals surface area contributed by atoms with Gasteiger partial charge in [-0.25, -0.2) is 9.79 Å². The minimum Gasteiger partial charge on any atom is -0.445 e. The van der Waals surface area contributed by atoms with Gasteiger partial charge >= 0.3 is 6.09 Å². The Bertz CT molecular complexity index is 906. The zero-order valence-corrected chi connectivity index (χ0v) is 16.5. The van der Waals surface area contributed by atoms with E-state index in [1.807, 2.05) is 42.6 Å². The molecule has 1 aromatic heterocycles. The number of fused-ring (bicyclic) bond motifs is 1. The number of carbonyl (C=O) groups excluding carboxylic acids is 1. The topological polar surface area (TPSA) is 70.0 Å². The highest BCUT2D eigenvalue weighted by molar-refractivity contribution is 6.30. The number of halogens is 1. The monoisotopic (exact) mass is 398 g/mol. The van der Waals surface area contributed by atoms with Gasteiger partial charge < -0.3 is 14.6 Å². The number of aromatic amines is 1.